The highest BCUT2D eigenvalue weighted by molar-refractivity contribution is 8.18. The van der Waals surface area contributed by atoms with Crippen LogP contribution in [0.4, 0.5) is 10.5 Å². The fraction of sp³-hybridized carbons (Fsp3) is 0.100. The topological polar surface area (TPSA) is 123 Å². The first-order chi connectivity index (χ1) is 14.4. The van der Waals surface area contributed by atoms with Crippen molar-refractivity contribution in [2.24, 2.45) is 0 Å². The van der Waals surface area contributed by atoms with Crippen molar-refractivity contribution < 1.29 is 19.3 Å². The molecule has 152 valence electrons. The van der Waals surface area contributed by atoms with Crippen LogP contribution in [0.3, 0.4) is 0 Å². The van der Waals surface area contributed by atoms with Gasteiger partial charge in [0.1, 0.15) is 0 Å². The average Bonchev–Trinajstić information content (AvgIpc) is 3.00. The van der Waals surface area contributed by atoms with Crippen molar-refractivity contribution in [3.63, 3.8) is 0 Å². The van der Waals surface area contributed by atoms with Crippen molar-refractivity contribution in [3.05, 3.63) is 81.0 Å². The number of carbonyl (C=O) groups excluding carboxylic acids is 3. The highest BCUT2D eigenvalue weighted by Gasteiger charge is 2.34. The molecule has 0 unspecified atom stereocenters. The Morgan fingerprint density at radius 1 is 1.23 bits per heavy atom. The molecule has 1 aromatic heterocycles. The van der Waals surface area contributed by atoms with Crippen LogP contribution in [0.5, 0.6) is 0 Å². The second kappa shape index (κ2) is 9.61. The van der Waals surface area contributed by atoms with Gasteiger partial charge in [-0.25, -0.2) is 0 Å². The van der Waals surface area contributed by atoms with Crippen molar-refractivity contribution in [2.75, 3.05) is 13.1 Å². The van der Waals surface area contributed by atoms with Crippen molar-refractivity contribution in [1.82, 2.24) is 15.2 Å². The zero-order valence-electron chi connectivity index (χ0n) is 15.6. The number of nitrogens with one attached hydrogen (secondary N) is 1. The van der Waals surface area contributed by atoms with Gasteiger partial charge in [-0.05, 0) is 41.1 Å². The first kappa shape index (κ1) is 20.9. The van der Waals surface area contributed by atoms with E-state index in [-0.39, 0.29) is 18.8 Å². The van der Waals surface area contributed by atoms with Gasteiger partial charge in [-0.3, -0.25) is 34.4 Å². The van der Waals surface area contributed by atoms with Gasteiger partial charge in [-0.15, -0.1) is 0 Å². The Morgan fingerprint density at radius 3 is 2.77 bits per heavy atom. The monoisotopic (exact) mass is 424 g/mol. The Morgan fingerprint density at radius 2 is 2.03 bits per heavy atom. The Labute approximate surface area is 175 Å². The molecule has 1 aliphatic rings. The minimum Gasteiger partial charge on any atom is -0.351 e. The molecule has 30 heavy (non-hydrogen) atoms. The number of thioether (sulfide) groups is 1. The fourth-order valence-corrected chi connectivity index (χ4v) is 3.43. The van der Waals surface area contributed by atoms with E-state index in [1.54, 1.807) is 36.7 Å². The number of hydrogen-bond donors (Lipinski definition) is 1. The number of imide groups is 1. The van der Waals surface area contributed by atoms with Crippen LogP contribution in [0, 0.1) is 10.1 Å². The van der Waals surface area contributed by atoms with Gasteiger partial charge in [-0.2, -0.15) is 0 Å². The van der Waals surface area contributed by atoms with Crippen LogP contribution in [-0.2, 0) is 9.59 Å². The zero-order chi connectivity index (χ0) is 21.5. The first-order valence-corrected chi connectivity index (χ1v) is 9.61. The maximum absolute atomic E-state index is 12.4. The predicted molar refractivity (Wildman–Crippen MR) is 112 cm³/mol. The van der Waals surface area contributed by atoms with E-state index in [4.69, 9.17) is 0 Å². The Balaban J connectivity index is 1.52. The van der Waals surface area contributed by atoms with E-state index in [1.807, 2.05) is 0 Å². The molecular weight excluding hydrogens is 408 g/mol. The minimum absolute atomic E-state index is 0.0332. The van der Waals surface area contributed by atoms with E-state index in [0.717, 1.165) is 16.7 Å². The summed E-state index contributed by atoms with van der Waals surface area (Å²) in [5.41, 5.74) is 1.14. The van der Waals surface area contributed by atoms with Crippen molar-refractivity contribution in [2.45, 2.75) is 0 Å². The smallest absolute Gasteiger partial charge is 0.293 e. The van der Waals surface area contributed by atoms with Gasteiger partial charge in [0.25, 0.3) is 16.8 Å². The van der Waals surface area contributed by atoms with Crippen LogP contribution in [0.2, 0.25) is 0 Å². The highest BCUT2D eigenvalue weighted by atomic mass is 32.2. The third-order valence-corrected chi connectivity index (χ3v) is 4.91. The van der Waals surface area contributed by atoms with Crippen LogP contribution in [-0.4, -0.2) is 45.0 Å². The maximum atomic E-state index is 12.4. The minimum atomic E-state index is -0.517. The number of nitrogens with zero attached hydrogens (tertiary/aromatic N) is 3. The van der Waals surface area contributed by atoms with Gasteiger partial charge in [0.05, 0.1) is 9.83 Å². The number of hydrogen-bond acceptors (Lipinski definition) is 7. The first-order valence-electron chi connectivity index (χ1n) is 8.80. The molecule has 9 nitrogen and oxygen atoms in total. The molecule has 0 aliphatic carbocycles. The summed E-state index contributed by atoms with van der Waals surface area (Å²) in [5, 5.41) is 12.9. The lowest BCUT2D eigenvalue weighted by atomic mass is 10.2. The molecule has 3 amide bonds. The molecule has 1 fully saturated rings. The van der Waals surface area contributed by atoms with Crippen LogP contribution in [0.25, 0.3) is 12.2 Å². The number of amides is 3. The average molecular weight is 424 g/mol. The Hall–Kier alpha value is -3.79. The summed E-state index contributed by atoms with van der Waals surface area (Å²) >= 11 is 0.836. The number of pyridine rings is 1. The maximum Gasteiger partial charge on any atom is 0.293 e. The van der Waals surface area contributed by atoms with E-state index in [1.165, 1.54) is 30.4 Å². The lowest BCUT2D eigenvalue weighted by Gasteiger charge is -2.12. The van der Waals surface area contributed by atoms with E-state index in [2.05, 4.69) is 10.3 Å². The van der Waals surface area contributed by atoms with Gasteiger partial charge in [-0.1, -0.05) is 18.2 Å². The summed E-state index contributed by atoms with van der Waals surface area (Å²) in [7, 11) is 0. The highest BCUT2D eigenvalue weighted by Crippen LogP contribution is 2.31. The summed E-state index contributed by atoms with van der Waals surface area (Å²) in [6, 6.07) is 9.36. The van der Waals surface area contributed by atoms with Gasteiger partial charge in [0.2, 0.25) is 5.91 Å². The van der Waals surface area contributed by atoms with Crippen molar-refractivity contribution in [3.8, 4) is 0 Å². The fourth-order valence-electron chi connectivity index (χ4n) is 2.57. The number of benzene rings is 1. The summed E-state index contributed by atoms with van der Waals surface area (Å²) in [5.74, 6) is -0.866. The van der Waals surface area contributed by atoms with Crippen LogP contribution in [0.1, 0.15) is 11.1 Å². The van der Waals surface area contributed by atoms with E-state index in [0.29, 0.717) is 16.0 Å². The number of non-ortho nitro benzene ring substituents is 1. The second-order valence-corrected chi connectivity index (χ2v) is 7.09. The molecule has 0 bridgehead atoms. The number of nitro benzene ring substituents is 1. The number of aromatic nitrogens is 1. The predicted octanol–water partition coefficient (Wildman–Crippen LogP) is 2.86. The van der Waals surface area contributed by atoms with Crippen LogP contribution in [0.15, 0.2) is 59.8 Å². The lowest BCUT2D eigenvalue weighted by molar-refractivity contribution is -0.384. The van der Waals surface area contributed by atoms with E-state index >= 15 is 0 Å². The molecule has 3 rings (SSSR count). The molecule has 0 spiro atoms. The van der Waals surface area contributed by atoms with Crippen molar-refractivity contribution >= 4 is 46.7 Å². The van der Waals surface area contributed by atoms with Crippen molar-refractivity contribution in [1.29, 1.82) is 0 Å². The van der Waals surface area contributed by atoms with Gasteiger partial charge >= 0.3 is 0 Å². The molecule has 10 heteroatoms. The molecule has 1 aliphatic heterocycles. The molecule has 0 atom stereocenters. The summed E-state index contributed by atoms with van der Waals surface area (Å²) in [4.78, 5) is 52.0. The van der Waals surface area contributed by atoms with Gasteiger partial charge in [0.15, 0.2) is 0 Å². The van der Waals surface area contributed by atoms with Crippen LogP contribution >= 0.6 is 11.8 Å². The standard InChI is InChI=1S/C20H16N4O5S/c25-18(7-6-14-3-1-5-16(11-14)24(28)29)22-9-10-23-19(26)17(30-20(23)27)12-15-4-2-8-21-13-15/h1-8,11-13H,9-10H2,(H,22,25). The molecule has 2 aromatic rings. The molecule has 0 radical (unpaired) electrons. The summed E-state index contributed by atoms with van der Waals surface area (Å²) in [6.45, 7) is 0.113. The Bertz CT molecular complexity index is 1050. The molecule has 0 saturated carbocycles. The molecule has 1 aromatic carbocycles. The SMILES string of the molecule is O=C(C=Cc1cccc([N+](=O)[O-])c1)NCCN1C(=O)SC(=Cc2cccnc2)C1=O. The Kier molecular flexibility index (Phi) is 6.71. The largest absolute Gasteiger partial charge is 0.351 e. The number of nitro groups is 1. The second-order valence-electron chi connectivity index (χ2n) is 6.10. The van der Waals surface area contributed by atoms with E-state index in [9.17, 15) is 24.5 Å². The number of carbonyl (C=O) groups is 3. The van der Waals surface area contributed by atoms with Gasteiger partial charge in [0, 0.05) is 43.7 Å². The van der Waals surface area contributed by atoms with Gasteiger partial charge < -0.3 is 5.32 Å². The lowest BCUT2D eigenvalue weighted by Crippen LogP contribution is -2.36. The number of rotatable bonds is 7. The van der Waals surface area contributed by atoms with E-state index < -0.39 is 22.0 Å². The molecule has 1 saturated heterocycles. The molecule has 2 heterocycles. The third-order valence-electron chi connectivity index (χ3n) is 4.00. The molecular formula is C20H16N4O5S. The molecule has 1 N–H and O–H groups in total. The zero-order valence-corrected chi connectivity index (χ0v) is 16.4. The third kappa shape index (κ3) is 5.39. The summed E-state index contributed by atoms with van der Waals surface area (Å²) in [6.07, 6.45) is 7.47. The quantitative estimate of drug-likeness (QED) is 0.412. The normalized spacial score (nSPS) is 15.2. The summed E-state index contributed by atoms with van der Waals surface area (Å²) < 4.78 is 0. The van der Waals surface area contributed by atoms with Crippen LogP contribution < -0.4 is 5.32 Å².